The number of ketones is 1. The standard InChI is InChI=1S/C28H35F4N5O3/c1-18(38)27(11-13-36(14-12-27)25(39)40-26(2,3)4)16-33-23-22(29)24(35-17-34-23)37(21-9-10-21)15-19-5-7-20(8-6-19)28(30,31)32/h5-8,17,21H,9-16H2,1-4H3,(H,33,34,35). The zero-order chi connectivity index (χ0) is 29.3. The number of Topliss-reactive ketones (excluding diaryl/α,β-unsaturated/α-hetero) is 1. The second kappa shape index (κ2) is 11.2. The van der Waals surface area contributed by atoms with Crippen molar-refractivity contribution in [2.45, 2.75) is 77.7 Å². The molecule has 2 aromatic rings. The molecular weight excluding hydrogens is 530 g/mol. The van der Waals surface area contributed by atoms with Crippen molar-refractivity contribution >= 4 is 23.5 Å². The molecule has 2 aliphatic rings. The molecule has 1 amide bonds. The SMILES string of the molecule is CC(=O)C1(CNc2ncnc(N(Cc3ccc(C(F)(F)F)cc3)C3CC3)c2F)CCN(C(=O)OC(C)(C)C)CC1. The predicted molar refractivity (Wildman–Crippen MR) is 141 cm³/mol. The van der Waals surface area contributed by atoms with Gasteiger partial charge in [-0.1, -0.05) is 12.1 Å². The fraction of sp³-hybridized carbons (Fsp3) is 0.571. The Kier molecular flexibility index (Phi) is 8.28. The molecule has 4 rings (SSSR count). The molecule has 12 heteroatoms. The lowest BCUT2D eigenvalue weighted by molar-refractivity contribution is -0.137. The lowest BCUT2D eigenvalue weighted by Crippen LogP contribution is -2.50. The highest BCUT2D eigenvalue weighted by atomic mass is 19.4. The van der Waals surface area contributed by atoms with Crippen LogP contribution < -0.4 is 10.2 Å². The van der Waals surface area contributed by atoms with E-state index in [0.717, 1.165) is 25.0 Å². The summed E-state index contributed by atoms with van der Waals surface area (Å²) in [6.45, 7) is 7.83. The number of nitrogens with zero attached hydrogens (tertiary/aromatic N) is 4. The zero-order valence-corrected chi connectivity index (χ0v) is 23.1. The molecule has 1 aromatic heterocycles. The summed E-state index contributed by atoms with van der Waals surface area (Å²) in [4.78, 5) is 36.7. The summed E-state index contributed by atoms with van der Waals surface area (Å²) >= 11 is 0. The van der Waals surface area contributed by atoms with Gasteiger partial charge in [0.15, 0.2) is 11.6 Å². The minimum atomic E-state index is -4.43. The van der Waals surface area contributed by atoms with Gasteiger partial charge >= 0.3 is 12.3 Å². The van der Waals surface area contributed by atoms with Gasteiger partial charge in [0, 0.05) is 37.6 Å². The van der Waals surface area contributed by atoms with E-state index in [0.29, 0.717) is 31.5 Å². The molecule has 8 nitrogen and oxygen atoms in total. The molecule has 0 spiro atoms. The van der Waals surface area contributed by atoms with Crippen LogP contribution in [0.3, 0.4) is 0 Å². The summed E-state index contributed by atoms with van der Waals surface area (Å²) in [5.41, 5.74) is -1.59. The Morgan fingerprint density at radius 2 is 1.73 bits per heavy atom. The molecule has 218 valence electrons. The van der Waals surface area contributed by atoms with Crippen molar-refractivity contribution in [3.05, 3.63) is 47.5 Å². The number of carbonyl (C=O) groups is 2. The Labute approximate surface area is 231 Å². The molecule has 1 saturated carbocycles. The van der Waals surface area contributed by atoms with Gasteiger partial charge in [0.1, 0.15) is 17.7 Å². The van der Waals surface area contributed by atoms with Gasteiger partial charge in [-0.15, -0.1) is 0 Å². The number of rotatable bonds is 8. The van der Waals surface area contributed by atoms with Gasteiger partial charge < -0.3 is 19.9 Å². The van der Waals surface area contributed by atoms with Gasteiger partial charge in [0.05, 0.1) is 5.56 Å². The van der Waals surface area contributed by atoms with Gasteiger partial charge in [-0.2, -0.15) is 17.6 Å². The first kappa shape index (κ1) is 29.5. The lowest BCUT2D eigenvalue weighted by Gasteiger charge is -2.40. The molecule has 1 aromatic carbocycles. The Bertz CT molecular complexity index is 1220. The van der Waals surface area contributed by atoms with Crippen molar-refractivity contribution < 1.29 is 31.9 Å². The number of nitrogens with one attached hydrogen (secondary N) is 1. The number of likely N-dealkylation sites (tertiary alicyclic amines) is 1. The molecule has 2 fully saturated rings. The summed E-state index contributed by atoms with van der Waals surface area (Å²) in [6, 6.07) is 4.81. The quantitative estimate of drug-likeness (QED) is 0.404. The van der Waals surface area contributed by atoms with E-state index in [2.05, 4.69) is 15.3 Å². The molecule has 0 radical (unpaired) electrons. The van der Waals surface area contributed by atoms with Crippen LogP contribution in [0.5, 0.6) is 0 Å². The maximum Gasteiger partial charge on any atom is 0.416 e. The van der Waals surface area contributed by atoms with Crippen molar-refractivity contribution in [1.82, 2.24) is 14.9 Å². The molecular formula is C28H35F4N5O3. The molecule has 0 atom stereocenters. The van der Waals surface area contributed by atoms with Gasteiger partial charge in [-0.05, 0) is 71.1 Å². The highest BCUT2D eigenvalue weighted by Crippen LogP contribution is 2.37. The van der Waals surface area contributed by atoms with Crippen LogP contribution in [0, 0.1) is 11.2 Å². The zero-order valence-electron chi connectivity index (χ0n) is 23.1. The predicted octanol–water partition coefficient (Wildman–Crippen LogP) is 5.82. The van der Waals surface area contributed by atoms with E-state index in [1.807, 2.05) is 0 Å². The highest BCUT2D eigenvalue weighted by molar-refractivity contribution is 5.83. The van der Waals surface area contributed by atoms with Crippen LogP contribution in [-0.2, 0) is 22.3 Å². The lowest BCUT2D eigenvalue weighted by atomic mass is 9.75. The summed E-state index contributed by atoms with van der Waals surface area (Å²) in [6.07, 6.45) is -1.24. The Morgan fingerprint density at radius 1 is 1.10 bits per heavy atom. The second-order valence-electron chi connectivity index (χ2n) is 11.6. The number of alkyl halides is 3. The van der Waals surface area contributed by atoms with E-state index in [-0.39, 0.29) is 36.6 Å². The number of hydrogen-bond donors (Lipinski definition) is 1. The molecule has 1 saturated heterocycles. The molecule has 1 aliphatic heterocycles. The van der Waals surface area contributed by atoms with Crippen LogP contribution in [-0.4, -0.2) is 58.0 Å². The van der Waals surface area contributed by atoms with Crippen LogP contribution in [0.1, 0.15) is 64.5 Å². The van der Waals surface area contributed by atoms with E-state index in [4.69, 9.17) is 4.74 Å². The third kappa shape index (κ3) is 7.00. The third-order valence-electron chi connectivity index (χ3n) is 7.38. The normalized spacial score (nSPS) is 17.4. The van der Waals surface area contributed by atoms with Crippen molar-refractivity contribution in [2.24, 2.45) is 5.41 Å². The average Bonchev–Trinajstić information content (AvgIpc) is 3.71. The van der Waals surface area contributed by atoms with Gasteiger partial charge in [0.2, 0.25) is 5.82 Å². The Balaban J connectivity index is 1.46. The van der Waals surface area contributed by atoms with Gasteiger partial charge in [-0.3, -0.25) is 4.79 Å². The topological polar surface area (TPSA) is 87.7 Å². The average molecular weight is 566 g/mol. The van der Waals surface area contributed by atoms with E-state index in [1.54, 1.807) is 30.6 Å². The maximum absolute atomic E-state index is 15.7. The van der Waals surface area contributed by atoms with Crippen LogP contribution in [0.2, 0.25) is 0 Å². The highest BCUT2D eigenvalue weighted by Gasteiger charge is 2.41. The number of anilines is 2. The third-order valence-corrected chi connectivity index (χ3v) is 7.38. The molecule has 0 unspecified atom stereocenters. The largest absolute Gasteiger partial charge is 0.444 e. The molecule has 40 heavy (non-hydrogen) atoms. The van der Waals surface area contributed by atoms with Crippen LogP contribution in [0.15, 0.2) is 30.6 Å². The van der Waals surface area contributed by atoms with Crippen LogP contribution in [0.25, 0.3) is 0 Å². The van der Waals surface area contributed by atoms with Gasteiger partial charge in [-0.25, -0.2) is 14.8 Å². The summed E-state index contributed by atoms with van der Waals surface area (Å²) in [5, 5.41) is 3.00. The first-order valence-corrected chi connectivity index (χ1v) is 13.3. The summed E-state index contributed by atoms with van der Waals surface area (Å²) in [7, 11) is 0. The van der Waals surface area contributed by atoms with E-state index in [9.17, 15) is 22.8 Å². The van der Waals surface area contributed by atoms with Gasteiger partial charge in [0.25, 0.3) is 0 Å². The number of ether oxygens (including phenoxy) is 1. The van der Waals surface area contributed by atoms with E-state index in [1.165, 1.54) is 25.4 Å². The van der Waals surface area contributed by atoms with Crippen molar-refractivity contribution in [3.8, 4) is 0 Å². The Hall–Kier alpha value is -3.44. The van der Waals surface area contributed by atoms with Crippen LogP contribution >= 0.6 is 0 Å². The Morgan fingerprint density at radius 3 is 2.25 bits per heavy atom. The number of benzene rings is 1. The number of aromatic nitrogens is 2. The number of amides is 1. The van der Waals surface area contributed by atoms with Crippen molar-refractivity contribution in [3.63, 3.8) is 0 Å². The summed E-state index contributed by atoms with van der Waals surface area (Å²) < 4.78 is 60.0. The number of carbonyl (C=O) groups excluding carboxylic acids is 2. The minimum absolute atomic E-state index is 0.0142. The minimum Gasteiger partial charge on any atom is -0.444 e. The van der Waals surface area contributed by atoms with Crippen molar-refractivity contribution in [2.75, 3.05) is 29.9 Å². The fourth-order valence-corrected chi connectivity index (χ4v) is 4.79. The number of piperidine rings is 1. The first-order valence-electron chi connectivity index (χ1n) is 13.3. The smallest absolute Gasteiger partial charge is 0.416 e. The van der Waals surface area contributed by atoms with E-state index < -0.39 is 34.7 Å². The fourth-order valence-electron chi connectivity index (χ4n) is 4.79. The molecule has 0 bridgehead atoms. The van der Waals surface area contributed by atoms with Crippen LogP contribution in [0.4, 0.5) is 34.0 Å². The number of halogens is 4. The van der Waals surface area contributed by atoms with Crippen molar-refractivity contribution in [1.29, 1.82) is 0 Å². The number of hydrogen-bond acceptors (Lipinski definition) is 7. The second-order valence-corrected chi connectivity index (χ2v) is 11.6. The maximum atomic E-state index is 15.7. The van der Waals surface area contributed by atoms with E-state index >= 15 is 4.39 Å². The molecule has 2 heterocycles. The monoisotopic (exact) mass is 565 g/mol. The summed E-state index contributed by atoms with van der Waals surface area (Å²) in [5.74, 6) is -0.763. The molecule has 1 aliphatic carbocycles. The first-order chi connectivity index (χ1) is 18.7. The molecule has 1 N–H and O–H groups in total.